The molecular formula is C13H14NO. The Bertz CT molecular complexity index is 369. The van der Waals surface area contributed by atoms with Crippen LogP contribution in [0.25, 0.3) is 0 Å². The standard InChI is InChI=1S/C13H14NO/c1-3-7-11-9-5-6-10-12(11)14-13(15)8-4-2/h3-6,9-10H,1-2,7-8H2. The van der Waals surface area contributed by atoms with Crippen molar-refractivity contribution in [2.45, 2.75) is 12.8 Å². The maximum absolute atomic E-state index is 11.3. The minimum Gasteiger partial charge on any atom is -0.272 e. The number of hydrogen-bond donors (Lipinski definition) is 0. The average molecular weight is 200 g/mol. The van der Waals surface area contributed by atoms with Crippen molar-refractivity contribution in [3.05, 3.63) is 55.1 Å². The molecule has 1 radical (unpaired) electrons. The van der Waals surface area contributed by atoms with Gasteiger partial charge >= 0.3 is 0 Å². The van der Waals surface area contributed by atoms with E-state index in [9.17, 15) is 4.79 Å². The van der Waals surface area contributed by atoms with Gasteiger partial charge in [-0.3, -0.25) is 4.79 Å². The monoisotopic (exact) mass is 200 g/mol. The molecule has 0 spiro atoms. The Hall–Kier alpha value is -1.83. The van der Waals surface area contributed by atoms with E-state index < -0.39 is 0 Å². The molecule has 1 amide bonds. The Morgan fingerprint density at radius 3 is 2.67 bits per heavy atom. The van der Waals surface area contributed by atoms with Crippen LogP contribution in [0.2, 0.25) is 0 Å². The summed E-state index contributed by atoms with van der Waals surface area (Å²) >= 11 is 0. The van der Waals surface area contributed by atoms with Crippen molar-refractivity contribution in [1.29, 1.82) is 0 Å². The fourth-order valence-corrected chi connectivity index (χ4v) is 1.25. The number of amides is 1. The van der Waals surface area contributed by atoms with E-state index in [0.717, 1.165) is 17.7 Å². The van der Waals surface area contributed by atoms with E-state index in [-0.39, 0.29) is 12.3 Å². The zero-order valence-corrected chi connectivity index (χ0v) is 8.65. The molecule has 2 nitrogen and oxygen atoms in total. The van der Waals surface area contributed by atoms with Crippen LogP contribution in [0.3, 0.4) is 0 Å². The molecule has 0 atom stereocenters. The predicted molar refractivity (Wildman–Crippen MR) is 62.0 cm³/mol. The van der Waals surface area contributed by atoms with E-state index >= 15 is 0 Å². The molecule has 0 saturated heterocycles. The van der Waals surface area contributed by atoms with E-state index in [1.807, 2.05) is 24.3 Å². The summed E-state index contributed by atoms with van der Waals surface area (Å²) in [7, 11) is 0. The van der Waals surface area contributed by atoms with Crippen LogP contribution in [0.4, 0.5) is 5.69 Å². The van der Waals surface area contributed by atoms with Crippen molar-refractivity contribution < 1.29 is 4.79 Å². The van der Waals surface area contributed by atoms with Crippen LogP contribution in [0, 0.1) is 0 Å². The summed E-state index contributed by atoms with van der Waals surface area (Å²) in [6.07, 6.45) is 4.36. The lowest BCUT2D eigenvalue weighted by Crippen LogP contribution is -2.10. The van der Waals surface area contributed by atoms with Crippen molar-refractivity contribution in [3.8, 4) is 0 Å². The van der Waals surface area contributed by atoms with Gasteiger partial charge in [-0.15, -0.1) is 13.2 Å². The highest BCUT2D eigenvalue weighted by Crippen LogP contribution is 2.16. The van der Waals surface area contributed by atoms with Gasteiger partial charge in [0.2, 0.25) is 5.91 Å². The second kappa shape index (κ2) is 5.81. The maximum atomic E-state index is 11.3. The molecule has 0 aliphatic carbocycles. The largest absolute Gasteiger partial charge is 0.272 e. The summed E-state index contributed by atoms with van der Waals surface area (Å²) in [6, 6.07) is 7.57. The lowest BCUT2D eigenvalue weighted by molar-refractivity contribution is -0.119. The molecule has 0 saturated carbocycles. The first-order valence-electron chi connectivity index (χ1n) is 4.82. The van der Waals surface area contributed by atoms with Gasteiger partial charge in [-0.2, -0.15) is 0 Å². The Labute approximate surface area is 90.3 Å². The van der Waals surface area contributed by atoms with E-state index in [1.165, 1.54) is 0 Å². The topological polar surface area (TPSA) is 31.2 Å². The minimum atomic E-state index is -0.165. The fourth-order valence-electron chi connectivity index (χ4n) is 1.25. The Balaban J connectivity index is 2.78. The first kappa shape index (κ1) is 11.2. The summed E-state index contributed by atoms with van der Waals surface area (Å²) in [5.74, 6) is -0.165. The fraction of sp³-hybridized carbons (Fsp3) is 0.154. The predicted octanol–water partition coefficient (Wildman–Crippen LogP) is 2.75. The van der Waals surface area contributed by atoms with Gasteiger partial charge in [0.1, 0.15) is 0 Å². The summed E-state index contributed by atoms with van der Waals surface area (Å²) < 4.78 is 0. The zero-order valence-electron chi connectivity index (χ0n) is 8.65. The molecule has 77 valence electrons. The number of para-hydroxylation sites is 1. The van der Waals surface area contributed by atoms with Crippen molar-refractivity contribution in [2.75, 3.05) is 0 Å². The van der Waals surface area contributed by atoms with Gasteiger partial charge in [0, 0.05) is 6.42 Å². The molecule has 0 fully saturated rings. The SMILES string of the molecule is C=CCC(=O)[N]c1ccccc1CC=C. The van der Waals surface area contributed by atoms with Gasteiger partial charge in [-0.05, 0) is 18.1 Å². The Morgan fingerprint density at radius 2 is 2.00 bits per heavy atom. The molecule has 0 bridgehead atoms. The van der Waals surface area contributed by atoms with E-state index in [4.69, 9.17) is 0 Å². The van der Waals surface area contributed by atoms with Crippen LogP contribution >= 0.6 is 0 Å². The first-order valence-corrected chi connectivity index (χ1v) is 4.82. The lowest BCUT2D eigenvalue weighted by Gasteiger charge is -2.05. The van der Waals surface area contributed by atoms with Crippen molar-refractivity contribution in [2.24, 2.45) is 0 Å². The Morgan fingerprint density at radius 1 is 1.27 bits per heavy atom. The van der Waals surface area contributed by atoms with Crippen molar-refractivity contribution >= 4 is 11.6 Å². The molecule has 0 aliphatic rings. The first-order chi connectivity index (χ1) is 7.27. The van der Waals surface area contributed by atoms with Gasteiger partial charge in [-0.25, -0.2) is 5.32 Å². The number of nitrogens with zero attached hydrogens (tertiary/aromatic N) is 1. The van der Waals surface area contributed by atoms with E-state index in [2.05, 4.69) is 18.5 Å². The minimum absolute atomic E-state index is 0.165. The number of rotatable bonds is 5. The van der Waals surface area contributed by atoms with Crippen molar-refractivity contribution in [3.63, 3.8) is 0 Å². The van der Waals surface area contributed by atoms with Gasteiger partial charge < -0.3 is 0 Å². The van der Waals surface area contributed by atoms with Gasteiger partial charge in [0.15, 0.2) is 0 Å². The van der Waals surface area contributed by atoms with Crippen LogP contribution in [-0.2, 0) is 11.2 Å². The van der Waals surface area contributed by atoms with Gasteiger partial charge in [0.25, 0.3) is 0 Å². The molecule has 0 N–H and O–H groups in total. The third-order valence-corrected chi connectivity index (χ3v) is 1.92. The highest BCUT2D eigenvalue weighted by atomic mass is 16.1. The van der Waals surface area contributed by atoms with Crippen LogP contribution in [0.1, 0.15) is 12.0 Å². The average Bonchev–Trinajstić information content (AvgIpc) is 2.21. The van der Waals surface area contributed by atoms with E-state index in [0.29, 0.717) is 0 Å². The zero-order chi connectivity index (χ0) is 11.1. The van der Waals surface area contributed by atoms with Crippen molar-refractivity contribution in [1.82, 2.24) is 5.32 Å². The van der Waals surface area contributed by atoms with Crippen LogP contribution in [0.15, 0.2) is 49.6 Å². The van der Waals surface area contributed by atoms with Gasteiger partial charge in [0.05, 0.1) is 5.69 Å². The molecule has 15 heavy (non-hydrogen) atoms. The smallest absolute Gasteiger partial charge is 0.250 e. The second-order valence-electron chi connectivity index (χ2n) is 3.12. The molecular weight excluding hydrogens is 186 g/mol. The molecule has 0 unspecified atom stereocenters. The number of carbonyl (C=O) groups is 1. The molecule has 0 aliphatic heterocycles. The molecule has 1 aromatic carbocycles. The molecule has 0 aromatic heterocycles. The molecule has 0 heterocycles. The lowest BCUT2D eigenvalue weighted by atomic mass is 10.1. The summed E-state index contributed by atoms with van der Waals surface area (Å²) in [5, 5.41) is 4.01. The number of allylic oxidation sites excluding steroid dienone is 1. The second-order valence-corrected chi connectivity index (χ2v) is 3.12. The maximum Gasteiger partial charge on any atom is 0.250 e. The van der Waals surface area contributed by atoms with Crippen LogP contribution in [-0.4, -0.2) is 5.91 Å². The number of carbonyl (C=O) groups excluding carboxylic acids is 1. The molecule has 2 heteroatoms. The van der Waals surface area contributed by atoms with Gasteiger partial charge in [-0.1, -0.05) is 30.4 Å². The number of benzene rings is 1. The van der Waals surface area contributed by atoms with Crippen LogP contribution < -0.4 is 5.32 Å². The quantitative estimate of drug-likeness (QED) is 0.672. The van der Waals surface area contributed by atoms with E-state index in [1.54, 1.807) is 12.2 Å². The summed E-state index contributed by atoms with van der Waals surface area (Å²) in [4.78, 5) is 11.3. The third kappa shape index (κ3) is 3.43. The normalized spacial score (nSPS) is 9.33. The highest BCUT2D eigenvalue weighted by molar-refractivity contribution is 5.82. The Kier molecular flexibility index (Phi) is 4.35. The third-order valence-electron chi connectivity index (χ3n) is 1.92. The molecule has 1 rings (SSSR count). The summed E-state index contributed by atoms with van der Waals surface area (Å²) in [5.41, 5.74) is 1.74. The van der Waals surface area contributed by atoms with Crippen LogP contribution in [0.5, 0.6) is 0 Å². The summed E-state index contributed by atoms with van der Waals surface area (Å²) in [6.45, 7) is 7.17. The highest BCUT2D eigenvalue weighted by Gasteiger charge is 2.05. The number of hydrogen-bond acceptors (Lipinski definition) is 1. The molecule has 1 aromatic rings.